The van der Waals surface area contributed by atoms with Crippen molar-refractivity contribution in [2.24, 2.45) is 0 Å². The summed E-state index contributed by atoms with van der Waals surface area (Å²) in [5, 5.41) is 5.59. The van der Waals surface area contributed by atoms with Crippen LogP contribution in [0.15, 0.2) is 17.5 Å². The van der Waals surface area contributed by atoms with Gasteiger partial charge in [0, 0.05) is 4.88 Å². The molecule has 1 rings (SSSR count). The van der Waals surface area contributed by atoms with Gasteiger partial charge in [-0.15, -0.1) is 11.3 Å². The smallest absolute Gasteiger partial charge is 0.00578 e. The average Bonchev–Trinajstić information content (AvgIpc) is 2.63. The van der Waals surface area contributed by atoms with Crippen LogP contribution in [0.25, 0.3) is 0 Å². The highest BCUT2D eigenvalue weighted by Crippen LogP contribution is 2.07. The number of rotatable bonds is 7. The molecule has 13 heavy (non-hydrogen) atoms. The Labute approximate surface area is 88.9 Å². The van der Waals surface area contributed by atoms with Gasteiger partial charge in [-0.05, 0) is 49.4 Å². The molecule has 74 valence electrons. The van der Waals surface area contributed by atoms with Crippen molar-refractivity contribution in [1.82, 2.24) is 5.32 Å². The van der Waals surface area contributed by atoms with Crippen LogP contribution in [-0.4, -0.2) is 25.1 Å². The Balaban J connectivity index is 1.90. The summed E-state index contributed by atoms with van der Waals surface area (Å²) < 4.78 is 0. The van der Waals surface area contributed by atoms with Crippen LogP contribution in [0, 0.1) is 0 Å². The molecule has 0 unspecified atom stereocenters. The molecule has 1 aromatic heterocycles. The summed E-state index contributed by atoms with van der Waals surface area (Å²) in [5.41, 5.74) is 0. The van der Waals surface area contributed by atoms with Gasteiger partial charge in [-0.1, -0.05) is 6.07 Å². The summed E-state index contributed by atoms with van der Waals surface area (Å²) in [4.78, 5) is 1.48. The van der Waals surface area contributed by atoms with Crippen molar-refractivity contribution in [1.29, 1.82) is 0 Å². The zero-order valence-corrected chi connectivity index (χ0v) is 9.72. The highest BCUT2D eigenvalue weighted by molar-refractivity contribution is 7.98. The molecule has 1 heterocycles. The Morgan fingerprint density at radius 3 is 3.08 bits per heavy atom. The first kappa shape index (κ1) is 11.1. The number of thioether (sulfide) groups is 1. The molecule has 1 nitrogen and oxygen atoms in total. The standard InChI is InChI=1S/C10H17NS2/c1-12-8-3-6-11-7-5-10-4-2-9-13-10/h2,4,9,11H,3,5-8H2,1H3. The van der Waals surface area contributed by atoms with Gasteiger partial charge in [-0.2, -0.15) is 11.8 Å². The Morgan fingerprint density at radius 1 is 1.46 bits per heavy atom. The van der Waals surface area contributed by atoms with Gasteiger partial charge in [0.15, 0.2) is 0 Å². The van der Waals surface area contributed by atoms with Crippen LogP contribution in [0.2, 0.25) is 0 Å². The molecular weight excluding hydrogens is 198 g/mol. The summed E-state index contributed by atoms with van der Waals surface area (Å²) in [6.07, 6.45) is 4.62. The van der Waals surface area contributed by atoms with E-state index in [1.54, 1.807) is 0 Å². The Kier molecular flexibility index (Phi) is 6.33. The minimum atomic E-state index is 1.12. The molecule has 0 atom stereocenters. The van der Waals surface area contributed by atoms with E-state index in [2.05, 4.69) is 29.1 Å². The Morgan fingerprint density at radius 2 is 2.38 bits per heavy atom. The van der Waals surface area contributed by atoms with Gasteiger partial charge in [0.25, 0.3) is 0 Å². The number of nitrogens with one attached hydrogen (secondary N) is 1. The van der Waals surface area contributed by atoms with Gasteiger partial charge in [-0.3, -0.25) is 0 Å². The van der Waals surface area contributed by atoms with Crippen molar-refractivity contribution in [2.45, 2.75) is 12.8 Å². The minimum Gasteiger partial charge on any atom is -0.316 e. The first-order valence-electron chi connectivity index (χ1n) is 4.65. The monoisotopic (exact) mass is 215 g/mol. The summed E-state index contributed by atoms with van der Waals surface area (Å²) in [6.45, 7) is 2.28. The third-order valence-electron chi connectivity index (χ3n) is 1.83. The van der Waals surface area contributed by atoms with Crippen LogP contribution in [0.3, 0.4) is 0 Å². The van der Waals surface area contributed by atoms with Crippen molar-refractivity contribution >= 4 is 23.1 Å². The molecule has 3 heteroatoms. The average molecular weight is 215 g/mol. The molecule has 1 N–H and O–H groups in total. The highest BCUT2D eigenvalue weighted by atomic mass is 32.2. The van der Waals surface area contributed by atoms with Crippen LogP contribution < -0.4 is 5.32 Å². The lowest BCUT2D eigenvalue weighted by atomic mass is 10.3. The predicted octanol–water partition coefficient (Wildman–Crippen LogP) is 2.63. The SMILES string of the molecule is CSCCCNCCc1cccs1. The van der Waals surface area contributed by atoms with E-state index in [4.69, 9.17) is 0 Å². The maximum Gasteiger partial charge on any atom is 0.00578 e. The zero-order valence-electron chi connectivity index (χ0n) is 8.08. The van der Waals surface area contributed by atoms with E-state index < -0.39 is 0 Å². The Bertz CT molecular complexity index is 197. The normalized spacial score (nSPS) is 10.5. The van der Waals surface area contributed by atoms with Crippen LogP contribution in [0.1, 0.15) is 11.3 Å². The molecule has 1 aromatic rings. The lowest BCUT2D eigenvalue weighted by molar-refractivity contribution is 0.677. The van der Waals surface area contributed by atoms with Gasteiger partial charge >= 0.3 is 0 Å². The van der Waals surface area contributed by atoms with E-state index in [0.717, 1.165) is 13.1 Å². The quantitative estimate of drug-likeness (QED) is 0.702. The number of hydrogen-bond donors (Lipinski definition) is 1. The van der Waals surface area contributed by atoms with Crippen molar-refractivity contribution in [3.05, 3.63) is 22.4 Å². The van der Waals surface area contributed by atoms with Crippen LogP contribution in [0.5, 0.6) is 0 Å². The maximum atomic E-state index is 3.45. The van der Waals surface area contributed by atoms with E-state index in [1.165, 1.54) is 23.5 Å². The lowest BCUT2D eigenvalue weighted by Gasteiger charge is -2.01. The number of thiophene rings is 1. The zero-order chi connectivity index (χ0) is 9.36. The van der Waals surface area contributed by atoms with Crippen LogP contribution >= 0.6 is 23.1 Å². The summed E-state index contributed by atoms with van der Waals surface area (Å²) >= 11 is 3.77. The van der Waals surface area contributed by atoms with E-state index in [-0.39, 0.29) is 0 Å². The first-order valence-corrected chi connectivity index (χ1v) is 6.93. The fraction of sp³-hybridized carbons (Fsp3) is 0.600. The molecule has 0 saturated heterocycles. The molecule has 0 amide bonds. The predicted molar refractivity (Wildman–Crippen MR) is 63.9 cm³/mol. The van der Waals surface area contributed by atoms with E-state index in [1.807, 2.05) is 23.1 Å². The van der Waals surface area contributed by atoms with Gasteiger partial charge in [-0.25, -0.2) is 0 Å². The minimum absolute atomic E-state index is 1.12. The van der Waals surface area contributed by atoms with Gasteiger partial charge in [0.05, 0.1) is 0 Å². The molecule has 0 aromatic carbocycles. The third kappa shape index (κ3) is 5.34. The summed E-state index contributed by atoms with van der Waals surface area (Å²) in [7, 11) is 0. The second-order valence-corrected chi connectivity index (χ2v) is 4.94. The van der Waals surface area contributed by atoms with E-state index >= 15 is 0 Å². The largest absolute Gasteiger partial charge is 0.316 e. The second-order valence-electron chi connectivity index (χ2n) is 2.93. The van der Waals surface area contributed by atoms with Crippen LogP contribution in [0.4, 0.5) is 0 Å². The van der Waals surface area contributed by atoms with Crippen molar-refractivity contribution in [3.8, 4) is 0 Å². The highest BCUT2D eigenvalue weighted by Gasteiger charge is 1.92. The molecule has 0 radical (unpaired) electrons. The topological polar surface area (TPSA) is 12.0 Å². The molecule has 0 spiro atoms. The fourth-order valence-electron chi connectivity index (χ4n) is 1.13. The molecule has 0 saturated carbocycles. The molecule has 0 aliphatic carbocycles. The second kappa shape index (κ2) is 7.42. The van der Waals surface area contributed by atoms with Gasteiger partial charge in [0.2, 0.25) is 0 Å². The van der Waals surface area contributed by atoms with Crippen LogP contribution in [-0.2, 0) is 6.42 Å². The summed E-state index contributed by atoms with van der Waals surface area (Å²) in [6, 6.07) is 4.32. The molecular formula is C10H17NS2. The van der Waals surface area contributed by atoms with Gasteiger partial charge < -0.3 is 5.32 Å². The molecule has 0 aliphatic rings. The first-order chi connectivity index (χ1) is 6.43. The van der Waals surface area contributed by atoms with Crippen molar-refractivity contribution < 1.29 is 0 Å². The lowest BCUT2D eigenvalue weighted by Crippen LogP contribution is -2.18. The molecule has 0 bridgehead atoms. The number of hydrogen-bond acceptors (Lipinski definition) is 3. The maximum absolute atomic E-state index is 3.45. The summed E-state index contributed by atoms with van der Waals surface area (Å²) in [5.74, 6) is 1.27. The van der Waals surface area contributed by atoms with E-state index in [9.17, 15) is 0 Å². The van der Waals surface area contributed by atoms with E-state index in [0.29, 0.717) is 0 Å². The molecule has 0 fully saturated rings. The van der Waals surface area contributed by atoms with Crippen molar-refractivity contribution in [2.75, 3.05) is 25.1 Å². The fourth-order valence-corrected chi connectivity index (χ4v) is 2.27. The third-order valence-corrected chi connectivity index (χ3v) is 3.46. The molecule has 0 aliphatic heterocycles. The van der Waals surface area contributed by atoms with Gasteiger partial charge in [0.1, 0.15) is 0 Å². The Hall–Kier alpha value is 0.01000. The van der Waals surface area contributed by atoms with Crippen molar-refractivity contribution in [3.63, 3.8) is 0 Å².